The summed E-state index contributed by atoms with van der Waals surface area (Å²) in [5.74, 6) is 0. The van der Waals surface area contributed by atoms with Crippen molar-refractivity contribution in [3.05, 3.63) is 40.7 Å². The Labute approximate surface area is 88.8 Å². The molecule has 0 aliphatic heterocycles. The van der Waals surface area contributed by atoms with Crippen molar-refractivity contribution in [2.75, 3.05) is 0 Å². The van der Waals surface area contributed by atoms with E-state index in [1.165, 1.54) is 6.21 Å². The smallest absolute Gasteiger partial charge is 0.0586 e. The fraction of sp³-hybridized carbons (Fsp3) is 0.182. The fourth-order valence-electron chi connectivity index (χ4n) is 1.36. The Balaban J connectivity index is 3.27. The van der Waals surface area contributed by atoms with Gasteiger partial charge in [0.1, 0.15) is 0 Å². The molecule has 1 aromatic heterocycles. The Morgan fingerprint density at radius 3 is 2.57 bits per heavy atom. The van der Waals surface area contributed by atoms with E-state index < -0.39 is 0 Å². The van der Waals surface area contributed by atoms with Gasteiger partial charge < -0.3 is 10.4 Å². The van der Waals surface area contributed by atoms with Crippen molar-refractivity contribution in [2.45, 2.75) is 13.8 Å². The van der Waals surface area contributed by atoms with Crippen LogP contribution in [0.15, 0.2) is 30.0 Å². The highest BCUT2D eigenvalue weighted by molar-refractivity contribution is 6.30. The van der Waals surface area contributed by atoms with Gasteiger partial charge in [0, 0.05) is 23.7 Å². The lowest BCUT2D eigenvalue weighted by molar-refractivity contribution is 1.32. The summed E-state index contributed by atoms with van der Waals surface area (Å²) in [6, 6.07) is 1.83. The van der Waals surface area contributed by atoms with Crippen LogP contribution >= 0.6 is 11.6 Å². The van der Waals surface area contributed by atoms with Gasteiger partial charge in [0.15, 0.2) is 0 Å². The zero-order valence-electron chi connectivity index (χ0n) is 8.32. The van der Waals surface area contributed by atoms with Crippen molar-refractivity contribution in [3.8, 4) is 0 Å². The molecule has 0 spiro atoms. The van der Waals surface area contributed by atoms with E-state index in [4.69, 9.17) is 17.0 Å². The molecule has 0 radical (unpaired) electrons. The molecule has 3 heteroatoms. The molecule has 0 aliphatic rings. The zero-order valence-corrected chi connectivity index (χ0v) is 9.07. The van der Waals surface area contributed by atoms with Crippen molar-refractivity contribution >= 4 is 23.4 Å². The lowest BCUT2D eigenvalue weighted by atomic mass is 10.0. The number of nitrogens with one attached hydrogen (secondary N) is 2. The molecule has 2 nitrogen and oxygen atoms in total. The zero-order chi connectivity index (χ0) is 10.7. The largest absolute Gasteiger partial charge is 0.360 e. The normalized spacial score (nSPS) is 12.2. The third-order valence-corrected chi connectivity index (χ3v) is 2.17. The van der Waals surface area contributed by atoms with Gasteiger partial charge in [0.25, 0.3) is 0 Å². The summed E-state index contributed by atoms with van der Waals surface area (Å²) in [7, 11) is 0. The molecule has 14 heavy (non-hydrogen) atoms. The molecule has 1 aromatic rings. The Bertz CT molecular complexity index is 399. The standard InChI is InChI=1S/C11H13ClN2/c1-7(2)11(8(3)5-13)10-4-9(12)6-14-10/h4-6,13-14H,1H2,2-3H3/b11-8-,13-5?. The van der Waals surface area contributed by atoms with E-state index in [1.54, 1.807) is 6.20 Å². The third-order valence-electron chi connectivity index (χ3n) is 1.95. The van der Waals surface area contributed by atoms with Gasteiger partial charge in [-0.05, 0) is 31.1 Å². The maximum absolute atomic E-state index is 7.22. The first-order valence-electron chi connectivity index (χ1n) is 4.27. The van der Waals surface area contributed by atoms with E-state index in [9.17, 15) is 0 Å². The van der Waals surface area contributed by atoms with Crippen LogP contribution in [0.3, 0.4) is 0 Å². The molecule has 0 atom stereocenters. The first kappa shape index (κ1) is 10.8. The third kappa shape index (κ3) is 2.15. The number of rotatable bonds is 3. The van der Waals surface area contributed by atoms with E-state index in [2.05, 4.69) is 11.6 Å². The molecule has 74 valence electrons. The van der Waals surface area contributed by atoms with Gasteiger partial charge in [0.05, 0.1) is 5.02 Å². The summed E-state index contributed by atoms with van der Waals surface area (Å²) in [5.41, 5.74) is 3.65. The SMILES string of the molecule is C=C(C)/C(=C(\C)C=N)c1cc(Cl)c[nH]1. The maximum atomic E-state index is 7.22. The minimum absolute atomic E-state index is 0.663. The summed E-state index contributed by atoms with van der Waals surface area (Å²) in [4.78, 5) is 3.05. The number of hydrogen-bond donors (Lipinski definition) is 2. The number of halogens is 1. The van der Waals surface area contributed by atoms with E-state index in [-0.39, 0.29) is 0 Å². The van der Waals surface area contributed by atoms with Crippen molar-refractivity contribution in [1.29, 1.82) is 5.41 Å². The molecule has 0 unspecified atom stereocenters. The van der Waals surface area contributed by atoms with Gasteiger partial charge in [0.2, 0.25) is 0 Å². The topological polar surface area (TPSA) is 39.6 Å². The molecule has 0 saturated carbocycles. The monoisotopic (exact) mass is 208 g/mol. The summed E-state index contributed by atoms with van der Waals surface area (Å²) in [6.07, 6.45) is 3.04. The molecule has 0 aliphatic carbocycles. The molecule has 0 fully saturated rings. The minimum atomic E-state index is 0.663. The average Bonchev–Trinajstić information content (AvgIpc) is 2.51. The lowest BCUT2D eigenvalue weighted by Crippen LogP contribution is -1.91. The number of aromatic nitrogens is 1. The molecule has 0 aromatic carbocycles. The second-order valence-electron chi connectivity index (χ2n) is 3.21. The predicted molar refractivity (Wildman–Crippen MR) is 62.0 cm³/mol. The molecule has 2 N–H and O–H groups in total. The second kappa shape index (κ2) is 4.29. The van der Waals surface area contributed by atoms with Crippen LogP contribution in [0.5, 0.6) is 0 Å². The Morgan fingerprint density at radius 2 is 2.21 bits per heavy atom. The highest BCUT2D eigenvalue weighted by Gasteiger charge is 2.07. The molecular formula is C11H13ClN2. The number of allylic oxidation sites excluding steroid dienone is 3. The molecule has 0 bridgehead atoms. The lowest BCUT2D eigenvalue weighted by Gasteiger charge is -2.06. The van der Waals surface area contributed by atoms with E-state index in [1.807, 2.05) is 19.9 Å². The molecule has 0 saturated heterocycles. The Hall–Kier alpha value is -1.28. The quantitative estimate of drug-likeness (QED) is 0.562. The van der Waals surface area contributed by atoms with E-state index in [0.717, 1.165) is 22.4 Å². The van der Waals surface area contributed by atoms with Crippen LogP contribution in [-0.4, -0.2) is 11.2 Å². The van der Waals surface area contributed by atoms with Crippen molar-refractivity contribution in [3.63, 3.8) is 0 Å². The van der Waals surface area contributed by atoms with Crippen LogP contribution in [0.4, 0.5) is 0 Å². The van der Waals surface area contributed by atoms with Gasteiger partial charge in [-0.2, -0.15) is 0 Å². The summed E-state index contributed by atoms with van der Waals surface area (Å²) in [6.45, 7) is 7.68. The van der Waals surface area contributed by atoms with Crippen molar-refractivity contribution in [2.24, 2.45) is 0 Å². The van der Waals surface area contributed by atoms with E-state index in [0.29, 0.717) is 5.02 Å². The van der Waals surface area contributed by atoms with Gasteiger partial charge in [-0.15, -0.1) is 0 Å². The van der Waals surface area contributed by atoms with Gasteiger partial charge >= 0.3 is 0 Å². The minimum Gasteiger partial charge on any atom is -0.360 e. The molecular weight excluding hydrogens is 196 g/mol. The maximum Gasteiger partial charge on any atom is 0.0586 e. The van der Waals surface area contributed by atoms with Crippen LogP contribution < -0.4 is 0 Å². The molecule has 1 heterocycles. The summed E-state index contributed by atoms with van der Waals surface area (Å²) >= 11 is 5.82. The van der Waals surface area contributed by atoms with Crippen LogP contribution in [0, 0.1) is 5.41 Å². The first-order valence-corrected chi connectivity index (χ1v) is 4.65. The van der Waals surface area contributed by atoms with Crippen LogP contribution in [-0.2, 0) is 0 Å². The Morgan fingerprint density at radius 1 is 1.57 bits per heavy atom. The highest BCUT2D eigenvalue weighted by Crippen LogP contribution is 2.25. The Kier molecular flexibility index (Phi) is 3.31. The number of H-pyrrole nitrogens is 1. The van der Waals surface area contributed by atoms with Crippen LogP contribution in [0.1, 0.15) is 19.5 Å². The number of aromatic amines is 1. The van der Waals surface area contributed by atoms with Gasteiger partial charge in [-0.25, -0.2) is 0 Å². The van der Waals surface area contributed by atoms with Gasteiger partial charge in [-0.1, -0.05) is 18.2 Å². The predicted octanol–water partition coefficient (Wildman–Crippen LogP) is 3.67. The van der Waals surface area contributed by atoms with Gasteiger partial charge in [-0.3, -0.25) is 0 Å². The highest BCUT2D eigenvalue weighted by atomic mass is 35.5. The van der Waals surface area contributed by atoms with Crippen LogP contribution in [0.25, 0.3) is 5.57 Å². The summed E-state index contributed by atoms with van der Waals surface area (Å²) < 4.78 is 0. The fourth-order valence-corrected chi connectivity index (χ4v) is 1.53. The average molecular weight is 209 g/mol. The number of hydrogen-bond acceptors (Lipinski definition) is 1. The van der Waals surface area contributed by atoms with Crippen molar-refractivity contribution in [1.82, 2.24) is 4.98 Å². The second-order valence-corrected chi connectivity index (χ2v) is 3.65. The van der Waals surface area contributed by atoms with Crippen molar-refractivity contribution < 1.29 is 0 Å². The first-order chi connectivity index (χ1) is 6.56. The van der Waals surface area contributed by atoms with E-state index >= 15 is 0 Å². The summed E-state index contributed by atoms with van der Waals surface area (Å²) in [5, 5.41) is 7.88. The molecule has 1 rings (SSSR count). The van der Waals surface area contributed by atoms with Crippen LogP contribution in [0.2, 0.25) is 5.02 Å². The molecule has 0 amide bonds.